The molecule has 2 heteroatoms. The molecule has 0 radical (unpaired) electrons. The molecule has 1 aliphatic carbocycles. The second-order valence-corrected chi connectivity index (χ2v) is 9.23. The van der Waals surface area contributed by atoms with Gasteiger partial charge < -0.3 is 0 Å². The largest absolute Gasteiger partial charge is 0.236 e. The maximum absolute atomic E-state index is 5.32. The zero-order valence-corrected chi connectivity index (χ0v) is 18.9. The summed E-state index contributed by atoms with van der Waals surface area (Å²) in [5, 5.41) is 7.87. The van der Waals surface area contributed by atoms with E-state index in [2.05, 4.69) is 120 Å². The van der Waals surface area contributed by atoms with Gasteiger partial charge in [-0.1, -0.05) is 103 Å². The highest BCUT2D eigenvalue weighted by atomic mass is 15.2. The van der Waals surface area contributed by atoms with E-state index >= 15 is 0 Å². The summed E-state index contributed by atoms with van der Waals surface area (Å²) in [6.07, 6.45) is 2.49. The molecule has 0 N–H and O–H groups in total. The van der Waals surface area contributed by atoms with Crippen molar-refractivity contribution < 1.29 is 0 Å². The third-order valence-corrected chi connectivity index (χ3v) is 6.95. The number of benzene rings is 4. The molecule has 0 aliphatic heterocycles. The number of hydrogen-bond donors (Lipinski definition) is 0. The predicted molar refractivity (Wildman–Crippen MR) is 141 cm³/mol. The van der Waals surface area contributed by atoms with Gasteiger partial charge in [0.05, 0.1) is 5.52 Å². The Morgan fingerprint density at radius 2 is 1.24 bits per heavy atom. The second kappa shape index (κ2) is 7.71. The molecule has 2 nitrogen and oxygen atoms in total. The number of fused-ring (bicyclic) bond motifs is 3. The predicted octanol–water partition coefficient (Wildman–Crippen LogP) is 8.37. The van der Waals surface area contributed by atoms with Crippen molar-refractivity contribution in [3.8, 4) is 33.5 Å². The molecule has 0 bridgehead atoms. The minimum absolute atomic E-state index is 0.596. The van der Waals surface area contributed by atoms with E-state index in [4.69, 9.17) is 5.10 Å². The van der Waals surface area contributed by atoms with Crippen molar-refractivity contribution in [2.45, 2.75) is 18.8 Å². The summed E-state index contributed by atoms with van der Waals surface area (Å²) in [5.74, 6) is 0.596. The number of pyridine rings is 1. The van der Waals surface area contributed by atoms with Crippen LogP contribution in [0.3, 0.4) is 0 Å². The summed E-state index contributed by atoms with van der Waals surface area (Å²) in [7, 11) is 0. The monoisotopic (exact) mass is 436 g/mol. The average molecular weight is 437 g/mol. The molecule has 162 valence electrons. The molecule has 34 heavy (non-hydrogen) atoms. The van der Waals surface area contributed by atoms with E-state index in [0.29, 0.717) is 5.92 Å². The lowest BCUT2D eigenvalue weighted by Crippen LogP contribution is -1.98. The standard InChI is InChI=1S/C32H24N2/c1-3-10-22(11-4-1)25-15-9-16-27(20-25)31-30(24-12-5-2-6-13-24)32-28-17-8-7-14-26(28)21-29(23-18-19-23)34(32)33-31/h1-17,20-21,23H,18-19H2. The fraction of sp³-hybridized carbons (Fsp3) is 0.0938. The van der Waals surface area contributed by atoms with Gasteiger partial charge in [-0.05, 0) is 47.1 Å². The molecule has 1 aliphatic rings. The van der Waals surface area contributed by atoms with Crippen molar-refractivity contribution in [3.05, 3.63) is 121 Å². The molecule has 0 spiro atoms. The summed E-state index contributed by atoms with van der Waals surface area (Å²) < 4.78 is 2.24. The third-order valence-electron chi connectivity index (χ3n) is 6.95. The van der Waals surface area contributed by atoms with Gasteiger partial charge in [0.2, 0.25) is 0 Å². The molecule has 7 rings (SSSR count). The van der Waals surface area contributed by atoms with Crippen molar-refractivity contribution in [3.63, 3.8) is 0 Å². The molecular weight excluding hydrogens is 412 g/mol. The van der Waals surface area contributed by atoms with Crippen molar-refractivity contribution in [1.82, 2.24) is 9.61 Å². The van der Waals surface area contributed by atoms with Crippen LogP contribution in [0.1, 0.15) is 24.5 Å². The maximum Gasteiger partial charge on any atom is 0.101 e. The Bertz CT molecular complexity index is 1640. The summed E-state index contributed by atoms with van der Waals surface area (Å²) in [6, 6.07) is 41.2. The molecule has 0 atom stereocenters. The van der Waals surface area contributed by atoms with Gasteiger partial charge in [0.15, 0.2) is 0 Å². The van der Waals surface area contributed by atoms with Crippen LogP contribution in [0.4, 0.5) is 0 Å². The quantitative estimate of drug-likeness (QED) is 0.271. The van der Waals surface area contributed by atoms with Gasteiger partial charge in [0.1, 0.15) is 5.69 Å². The van der Waals surface area contributed by atoms with E-state index in [1.54, 1.807) is 0 Å². The fourth-order valence-electron chi connectivity index (χ4n) is 5.14. The molecule has 1 saturated carbocycles. The normalized spacial score (nSPS) is 13.5. The Hall–Kier alpha value is -4.17. The van der Waals surface area contributed by atoms with E-state index in [1.807, 2.05) is 0 Å². The third kappa shape index (κ3) is 3.14. The van der Waals surface area contributed by atoms with E-state index < -0.39 is 0 Å². The molecule has 1 fully saturated rings. The molecule has 0 saturated heterocycles. The van der Waals surface area contributed by atoms with E-state index in [0.717, 1.165) is 11.3 Å². The Labute approximate surface area is 199 Å². The van der Waals surface area contributed by atoms with Crippen LogP contribution in [0.5, 0.6) is 0 Å². The molecule has 0 unspecified atom stereocenters. The van der Waals surface area contributed by atoms with Crippen molar-refractivity contribution >= 4 is 16.3 Å². The topological polar surface area (TPSA) is 17.3 Å². The molecule has 0 amide bonds. The van der Waals surface area contributed by atoms with Gasteiger partial charge in [0.25, 0.3) is 0 Å². The van der Waals surface area contributed by atoms with Crippen molar-refractivity contribution in [2.24, 2.45) is 0 Å². The molecule has 6 aromatic rings. The van der Waals surface area contributed by atoms with Crippen LogP contribution in [-0.2, 0) is 0 Å². The molecule has 4 aromatic carbocycles. The highest BCUT2D eigenvalue weighted by Crippen LogP contribution is 2.45. The number of rotatable bonds is 4. The van der Waals surface area contributed by atoms with Crippen LogP contribution in [0.15, 0.2) is 115 Å². The highest BCUT2D eigenvalue weighted by Gasteiger charge is 2.29. The number of aromatic nitrogens is 2. The van der Waals surface area contributed by atoms with Gasteiger partial charge >= 0.3 is 0 Å². The second-order valence-electron chi connectivity index (χ2n) is 9.23. The van der Waals surface area contributed by atoms with Crippen LogP contribution in [0, 0.1) is 0 Å². The van der Waals surface area contributed by atoms with Crippen LogP contribution in [0.2, 0.25) is 0 Å². The van der Waals surface area contributed by atoms with Crippen molar-refractivity contribution in [2.75, 3.05) is 0 Å². The zero-order valence-electron chi connectivity index (χ0n) is 18.9. The molecule has 2 aromatic heterocycles. The summed E-state index contributed by atoms with van der Waals surface area (Å²) in [6.45, 7) is 0. The molecule has 2 heterocycles. The van der Waals surface area contributed by atoms with Gasteiger partial charge in [-0.15, -0.1) is 0 Å². The van der Waals surface area contributed by atoms with Gasteiger partial charge in [-0.25, -0.2) is 4.52 Å². The summed E-state index contributed by atoms with van der Waals surface area (Å²) in [5.41, 5.74) is 9.58. The Balaban J connectivity index is 1.57. The summed E-state index contributed by atoms with van der Waals surface area (Å²) in [4.78, 5) is 0. The molecular formula is C32H24N2. The van der Waals surface area contributed by atoms with E-state index in [9.17, 15) is 0 Å². The maximum atomic E-state index is 5.32. The first kappa shape index (κ1) is 19.3. The zero-order chi connectivity index (χ0) is 22.5. The smallest absolute Gasteiger partial charge is 0.101 e. The first-order valence-corrected chi connectivity index (χ1v) is 12.0. The number of nitrogens with zero attached hydrogens (tertiary/aromatic N) is 2. The minimum Gasteiger partial charge on any atom is -0.236 e. The SMILES string of the molecule is c1ccc(-c2cccc(-c3nn4c(C5CC5)cc5ccccc5c4c3-c3ccccc3)c2)cc1. The van der Waals surface area contributed by atoms with Crippen LogP contribution in [0.25, 0.3) is 49.8 Å². The first-order chi connectivity index (χ1) is 16.9. The van der Waals surface area contributed by atoms with Gasteiger partial charge in [-0.2, -0.15) is 5.10 Å². The van der Waals surface area contributed by atoms with Crippen LogP contribution >= 0.6 is 0 Å². The van der Waals surface area contributed by atoms with E-state index in [1.165, 1.54) is 57.1 Å². The first-order valence-electron chi connectivity index (χ1n) is 12.0. The lowest BCUT2D eigenvalue weighted by atomic mass is 9.95. The lowest BCUT2D eigenvalue weighted by Gasteiger charge is -2.10. The number of hydrogen-bond acceptors (Lipinski definition) is 1. The summed E-state index contributed by atoms with van der Waals surface area (Å²) >= 11 is 0. The Morgan fingerprint density at radius 1 is 0.588 bits per heavy atom. The Morgan fingerprint density at radius 3 is 2.00 bits per heavy atom. The van der Waals surface area contributed by atoms with E-state index in [-0.39, 0.29) is 0 Å². The van der Waals surface area contributed by atoms with Crippen molar-refractivity contribution in [1.29, 1.82) is 0 Å². The van der Waals surface area contributed by atoms with Gasteiger partial charge in [0, 0.05) is 28.1 Å². The highest BCUT2D eigenvalue weighted by molar-refractivity contribution is 6.07. The fourth-order valence-corrected chi connectivity index (χ4v) is 5.14. The van der Waals surface area contributed by atoms with Crippen LogP contribution in [-0.4, -0.2) is 9.61 Å². The van der Waals surface area contributed by atoms with Gasteiger partial charge in [-0.3, -0.25) is 0 Å². The van der Waals surface area contributed by atoms with Crippen LogP contribution < -0.4 is 0 Å². The average Bonchev–Trinajstić information content (AvgIpc) is 3.68. The minimum atomic E-state index is 0.596. The Kier molecular flexibility index (Phi) is 4.38. The lowest BCUT2D eigenvalue weighted by molar-refractivity contribution is 0.866.